The second-order valence-electron chi connectivity index (χ2n) is 14.1. The van der Waals surface area contributed by atoms with E-state index in [-0.39, 0.29) is 34.6 Å². The van der Waals surface area contributed by atoms with Crippen LogP contribution in [-0.4, -0.2) is 78.4 Å². The number of carbonyl (C=O) groups is 4. The maximum atomic E-state index is 13.9. The van der Waals surface area contributed by atoms with Crippen LogP contribution in [0.4, 0.5) is 0 Å². The van der Waals surface area contributed by atoms with Crippen molar-refractivity contribution in [1.82, 2.24) is 20.7 Å². The average molecular weight is 719 g/mol. The van der Waals surface area contributed by atoms with Crippen molar-refractivity contribution in [3.63, 3.8) is 0 Å². The van der Waals surface area contributed by atoms with Crippen LogP contribution in [0.1, 0.15) is 81.8 Å². The Hall–Kier alpha value is -3.59. The zero-order chi connectivity index (χ0) is 34.7. The number of amides is 3. The van der Waals surface area contributed by atoms with Gasteiger partial charge in [-0.2, -0.15) is 0 Å². The monoisotopic (exact) mass is 718 g/mol. The van der Waals surface area contributed by atoms with Crippen molar-refractivity contribution in [2.24, 2.45) is 17.1 Å². The third-order valence-electron chi connectivity index (χ3n) is 8.45. The van der Waals surface area contributed by atoms with Gasteiger partial charge in [-0.1, -0.05) is 0 Å². The number of aliphatic hydroxyl groups is 1. The van der Waals surface area contributed by atoms with E-state index >= 15 is 0 Å². The number of primary amides is 1. The molecule has 1 aliphatic rings. The summed E-state index contributed by atoms with van der Waals surface area (Å²) in [4.78, 5) is 56.7. The van der Waals surface area contributed by atoms with E-state index in [1.165, 1.54) is 6.42 Å². The van der Waals surface area contributed by atoms with Crippen molar-refractivity contribution in [2.45, 2.75) is 89.0 Å². The number of hydrogen-bond donors (Lipinski definition) is 4. The van der Waals surface area contributed by atoms with E-state index in [2.05, 4.69) is 15.7 Å². The summed E-state index contributed by atoms with van der Waals surface area (Å²) < 4.78 is -0.801. The van der Waals surface area contributed by atoms with Gasteiger partial charge in [-0.3, -0.25) is 0 Å². The van der Waals surface area contributed by atoms with E-state index in [1.807, 2.05) is 74.3 Å². The van der Waals surface area contributed by atoms with Crippen molar-refractivity contribution in [1.29, 1.82) is 0 Å². The Kier molecular flexibility index (Phi) is 13.7. The first-order valence-electron chi connectivity index (χ1n) is 16.8. The molecule has 4 rings (SSSR count). The number of hydrazine groups is 1. The van der Waals surface area contributed by atoms with Crippen LogP contribution < -0.4 is 16.5 Å². The van der Waals surface area contributed by atoms with Crippen LogP contribution in [0, 0.1) is 11.3 Å². The van der Waals surface area contributed by atoms with E-state index in [0.717, 1.165) is 36.6 Å². The maximum absolute atomic E-state index is 13.9. The molecular formula is C37H49AsN5O5. The summed E-state index contributed by atoms with van der Waals surface area (Å²) >= 11 is -1.25. The number of para-hydroxylation sites is 1. The van der Waals surface area contributed by atoms with Gasteiger partial charge < -0.3 is 0 Å². The molecule has 10 nitrogen and oxygen atoms in total. The van der Waals surface area contributed by atoms with Crippen molar-refractivity contribution in [3.05, 3.63) is 78.0 Å². The summed E-state index contributed by atoms with van der Waals surface area (Å²) in [5, 5.41) is 17.2. The molecule has 0 spiro atoms. The summed E-state index contributed by atoms with van der Waals surface area (Å²) in [5.41, 5.74) is 10.1. The molecule has 1 aliphatic carbocycles. The van der Waals surface area contributed by atoms with Gasteiger partial charge in [0.2, 0.25) is 0 Å². The average Bonchev–Trinajstić information content (AvgIpc) is 3.03. The summed E-state index contributed by atoms with van der Waals surface area (Å²) in [5.74, 6) is -1.01. The Labute approximate surface area is 290 Å². The van der Waals surface area contributed by atoms with Crippen molar-refractivity contribution in [3.8, 4) is 0 Å². The van der Waals surface area contributed by atoms with E-state index in [0.29, 0.717) is 30.8 Å². The van der Waals surface area contributed by atoms with Gasteiger partial charge in [0, 0.05) is 0 Å². The summed E-state index contributed by atoms with van der Waals surface area (Å²) in [6.45, 7) is 6.80. The minimum atomic E-state index is -1.25. The predicted octanol–water partition coefficient (Wildman–Crippen LogP) is 4.18. The number of pyridine rings is 1. The van der Waals surface area contributed by atoms with Crippen molar-refractivity contribution < 1.29 is 24.3 Å². The van der Waals surface area contributed by atoms with Crippen LogP contribution in [0.5, 0.6) is 0 Å². The van der Waals surface area contributed by atoms with Gasteiger partial charge in [0.05, 0.1) is 0 Å². The molecule has 0 unspecified atom stereocenters. The number of fused-ring (bicyclic) bond motifs is 1. The van der Waals surface area contributed by atoms with E-state index < -0.39 is 44.4 Å². The molecule has 257 valence electrons. The van der Waals surface area contributed by atoms with Crippen LogP contribution in [0.3, 0.4) is 0 Å². The first-order chi connectivity index (χ1) is 22.9. The molecule has 1 heterocycles. The quantitative estimate of drug-likeness (QED) is 0.128. The van der Waals surface area contributed by atoms with Gasteiger partial charge >= 0.3 is 291 Å². The topological polar surface area (TPSA) is 155 Å². The van der Waals surface area contributed by atoms with Gasteiger partial charge in [0.1, 0.15) is 0 Å². The molecule has 5 N–H and O–H groups in total. The summed E-state index contributed by atoms with van der Waals surface area (Å²) in [6.07, 6.45) is 5.08. The van der Waals surface area contributed by atoms with E-state index in [1.54, 1.807) is 18.2 Å². The zero-order valence-electron chi connectivity index (χ0n) is 28.2. The third-order valence-corrected chi connectivity index (χ3v) is 11.4. The molecule has 2 aromatic carbocycles. The standard InChI is InChI=1S/C37H49AsN5O5/c1-37(2,3)22-34(46)42-43(23-26-14-8-5-9-15-26)24-32(44)28(20-25-12-6-4-7-13-25)38-35(47)31(21-33(39)45)41-36(48)30-19-18-27-16-10-11-17-29(27)40-30/h4,6-7,10-13,16-19,26,28,31-32,44H,5,8-9,14-15,20-24H2,1-3H3,(H2,39,45)(H,41,48)(H,42,46)/t28-,31-,32-/m0/s1. The van der Waals surface area contributed by atoms with E-state index in [4.69, 9.17) is 5.73 Å². The minimum absolute atomic E-state index is 0.110. The third kappa shape index (κ3) is 12.1. The van der Waals surface area contributed by atoms with Crippen LogP contribution in [0.25, 0.3) is 10.9 Å². The summed E-state index contributed by atoms with van der Waals surface area (Å²) in [6, 6.07) is 19.2. The molecule has 3 atom stereocenters. The fourth-order valence-electron chi connectivity index (χ4n) is 6.09. The molecule has 0 aliphatic heterocycles. The Morgan fingerprint density at radius 1 is 0.979 bits per heavy atom. The molecule has 1 fully saturated rings. The first kappa shape index (κ1) is 37.2. The van der Waals surface area contributed by atoms with Crippen molar-refractivity contribution >= 4 is 48.9 Å². The number of benzene rings is 2. The van der Waals surface area contributed by atoms with Gasteiger partial charge in [-0.25, -0.2) is 0 Å². The van der Waals surface area contributed by atoms with Crippen LogP contribution in [0.2, 0.25) is 4.71 Å². The SMILES string of the molecule is CC(C)(C)CC(=O)NN(CC1CCCCC1)C[C@H](O)[C@H](Cc1ccccc1)[As]C(=O)[C@H](CC(N)=O)NC(=O)c1ccc2ccccc2n1. The zero-order valence-corrected chi connectivity index (χ0v) is 30.1. The fraction of sp³-hybridized carbons (Fsp3) is 0.486. The Bertz CT molecular complexity index is 1540. The van der Waals surface area contributed by atoms with Crippen molar-refractivity contribution in [2.75, 3.05) is 13.1 Å². The molecule has 48 heavy (non-hydrogen) atoms. The van der Waals surface area contributed by atoms with Crippen LogP contribution in [-0.2, 0) is 20.8 Å². The summed E-state index contributed by atoms with van der Waals surface area (Å²) in [7, 11) is 0. The number of rotatable bonds is 16. The number of nitrogens with one attached hydrogen (secondary N) is 2. The molecule has 1 saturated carbocycles. The molecule has 3 aromatic rings. The number of nitrogens with two attached hydrogens (primary N) is 1. The Morgan fingerprint density at radius 2 is 1.67 bits per heavy atom. The first-order valence-corrected chi connectivity index (χ1v) is 18.8. The van der Waals surface area contributed by atoms with Crippen LogP contribution >= 0.6 is 0 Å². The molecule has 11 heteroatoms. The normalized spacial score (nSPS) is 16.1. The molecule has 1 aromatic heterocycles. The predicted molar refractivity (Wildman–Crippen MR) is 188 cm³/mol. The number of aromatic nitrogens is 1. The van der Waals surface area contributed by atoms with Gasteiger partial charge in [0.15, 0.2) is 0 Å². The Balaban J connectivity index is 1.53. The molecule has 1 radical (unpaired) electrons. The Morgan fingerprint density at radius 3 is 2.35 bits per heavy atom. The second kappa shape index (κ2) is 17.7. The molecular weight excluding hydrogens is 669 g/mol. The van der Waals surface area contributed by atoms with Gasteiger partial charge in [-0.15, -0.1) is 0 Å². The molecule has 0 bridgehead atoms. The van der Waals surface area contributed by atoms with Gasteiger partial charge in [0.25, 0.3) is 0 Å². The second-order valence-corrected chi connectivity index (χ2v) is 16.9. The van der Waals surface area contributed by atoms with E-state index in [9.17, 15) is 24.3 Å². The number of hydrogen-bond acceptors (Lipinski definition) is 7. The van der Waals surface area contributed by atoms with Gasteiger partial charge in [-0.05, 0) is 0 Å². The molecule has 3 amide bonds. The number of aliphatic hydroxyl groups excluding tert-OH is 1. The number of carbonyl (C=O) groups excluding carboxylic acids is 4. The number of nitrogens with zero attached hydrogens (tertiary/aromatic N) is 2. The van der Waals surface area contributed by atoms with Crippen LogP contribution in [0.15, 0.2) is 66.7 Å². The molecule has 0 saturated heterocycles. The fourth-order valence-corrected chi connectivity index (χ4v) is 8.68.